The van der Waals surface area contributed by atoms with Gasteiger partial charge in [0, 0.05) is 26.2 Å². The summed E-state index contributed by atoms with van der Waals surface area (Å²) in [5.74, 6) is 0. The van der Waals surface area contributed by atoms with E-state index in [0.29, 0.717) is 0 Å². The number of hydrogen-bond acceptors (Lipinski definition) is 3. The van der Waals surface area contributed by atoms with Crippen molar-refractivity contribution in [2.24, 2.45) is 0 Å². The van der Waals surface area contributed by atoms with Crippen LogP contribution in [0.25, 0.3) is 10.9 Å². The monoisotopic (exact) mass is 373 g/mol. The smallest absolute Gasteiger partial charge is 0.189 e. The minimum Gasteiger partial charge on any atom is -0.377 e. The van der Waals surface area contributed by atoms with Gasteiger partial charge in [0.2, 0.25) is 0 Å². The molecular weight excluding hydrogens is 357 g/mol. The van der Waals surface area contributed by atoms with Gasteiger partial charge in [-0.2, -0.15) is 0 Å². The fraction of sp³-hybridized carbons (Fsp3) is 0.357. The third kappa shape index (κ3) is 4.29. The number of pyridine rings is 1. The summed E-state index contributed by atoms with van der Waals surface area (Å²) in [4.78, 5) is 14.7. The highest BCUT2D eigenvalue weighted by Gasteiger charge is 1.99. The van der Waals surface area contributed by atoms with Gasteiger partial charge in [0.05, 0.1) is 26.4 Å². The molecule has 0 atom stereocenters. The molecule has 1 saturated heterocycles. The average molecular weight is 373 g/mol. The Balaban J connectivity index is 0.000000186. The van der Waals surface area contributed by atoms with Crippen LogP contribution in [0.5, 0.6) is 0 Å². The minimum absolute atomic E-state index is 0.0877. The van der Waals surface area contributed by atoms with Gasteiger partial charge in [-0.15, -0.1) is 0 Å². The molecule has 1 aromatic heterocycles. The van der Waals surface area contributed by atoms with Gasteiger partial charge < -0.3 is 14.5 Å². The molecule has 0 aliphatic carbocycles. The van der Waals surface area contributed by atoms with E-state index in [1.54, 1.807) is 6.07 Å². The van der Waals surface area contributed by atoms with Crippen LogP contribution in [-0.4, -0.2) is 31.4 Å². The molecule has 0 spiro atoms. The highest BCUT2D eigenvalue weighted by molar-refractivity contribution is 14.1. The summed E-state index contributed by atoms with van der Waals surface area (Å²) >= 11 is 2.20. The van der Waals surface area contributed by atoms with E-state index in [1.807, 2.05) is 25.1 Å². The van der Waals surface area contributed by atoms with Gasteiger partial charge in [0.1, 0.15) is 0 Å². The number of H-pyrrole nitrogens is 1. The molecule has 1 aliphatic heterocycles. The lowest BCUT2D eigenvalue weighted by atomic mass is 10.2. The summed E-state index contributed by atoms with van der Waals surface area (Å²) in [6, 6.07) is 7.44. The number of halogens is 1. The Morgan fingerprint density at radius 2 is 1.74 bits per heavy atom. The molecule has 1 N–H and O–H groups in total. The van der Waals surface area contributed by atoms with Crippen LogP contribution in [0.2, 0.25) is 0 Å². The predicted molar refractivity (Wildman–Crippen MR) is 83.7 cm³/mol. The molecule has 0 radical (unpaired) electrons. The Labute approximate surface area is 125 Å². The summed E-state index contributed by atoms with van der Waals surface area (Å²) < 4.78 is 11.0. The molecule has 4 nitrogen and oxygen atoms in total. The maximum atomic E-state index is 11.5. The van der Waals surface area contributed by atoms with E-state index < -0.39 is 0 Å². The van der Waals surface area contributed by atoms with E-state index in [9.17, 15) is 4.79 Å². The van der Waals surface area contributed by atoms with Crippen molar-refractivity contribution in [1.29, 1.82) is 0 Å². The van der Waals surface area contributed by atoms with E-state index in [-0.39, 0.29) is 5.43 Å². The maximum Gasteiger partial charge on any atom is 0.189 e. The number of aromatic nitrogens is 1. The SMILES string of the molecule is C1COCCO1.Cc1cc(=O)c2cc(I)ccc2[nH]1. The van der Waals surface area contributed by atoms with Crippen LogP contribution in [0.3, 0.4) is 0 Å². The summed E-state index contributed by atoms with van der Waals surface area (Å²) in [5, 5.41) is 0.762. The molecule has 0 unspecified atom stereocenters. The van der Waals surface area contributed by atoms with Crippen LogP contribution < -0.4 is 5.43 Å². The van der Waals surface area contributed by atoms with Crippen molar-refractivity contribution >= 4 is 33.5 Å². The fourth-order valence-electron chi connectivity index (χ4n) is 1.79. The normalized spacial score (nSPS) is 14.8. The lowest BCUT2D eigenvalue weighted by Gasteiger charge is -2.09. The van der Waals surface area contributed by atoms with Gasteiger partial charge in [0.15, 0.2) is 5.43 Å². The lowest BCUT2D eigenvalue weighted by molar-refractivity contribution is -0.0334. The fourth-order valence-corrected chi connectivity index (χ4v) is 2.28. The van der Waals surface area contributed by atoms with E-state index in [1.165, 1.54) is 0 Å². The van der Waals surface area contributed by atoms with Crippen LogP contribution in [0.4, 0.5) is 0 Å². The van der Waals surface area contributed by atoms with Crippen molar-refractivity contribution < 1.29 is 9.47 Å². The molecule has 2 aromatic rings. The number of nitrogens with one attached hydrogen (secondary N) is 1. The second-order valence-electron chi connectivity index (χ2n) is 4.23. The zero-order valence-corrected chi connectivity index (χ0v) is 12.9. The Morgan fingerprint density at radius 3 is 2.32 bits per heavy atom. The van der Waals surface area contributed by atoms with E-state index in [2.05, 4.69) is 27.6 Å². The molecule has 19 heavy (non-hydrogen) atoms. The van der Waals surface area contributed by atoms with Crippen LogP contribution in [0, 0.1) is 10.5 Å². The first-order chi connectivity index (χ1) is 9.16. The second kappa shape index (κ2) is 7.02. The number of benzene rings is 1. The van der Waals surface area contributed by atoms with Gasteiger partial charge >= 0.3 is 0 Å². The molecular formula is C14H16INO3. The maximum absolute atomic E-state index is 11.5. The van der Waals surface area contributed by atoms with Gasteiger partial charge in [-0.05, 0) is 47.7 Å². The number of ether oxygens (including phenoxy) is 2. The van der Waals surface area contributed by atoms with Crippen molar-refractivity contribution in [2.75, 3.05) is 26.4 Å². The molecule has 1 aliphatic rings. The van der Waals surface area contributed by atoms with E-state index in [4.69, 9.17) is 9.47 Å². The molecule has 0 saturated carbocycles. The third-order valence-corrected chi connectivity index (χ3v) is 3.34. The number of aryl methyl sites for hydroxylation is 1. The Bertz CT molecular complexity index is 594. The van der Waals surface area contributed by atoms with Crippen molar-refractivity contribution in [3.05, 3.63) is 43.8 Å². The Hall–Kier alpha value is -0.920. The van der Waals surface area contributed by atoms with Crippen LogP contribution in [0.1, 0.15) is 5.69 Å². The van der Waals surface area contributed by atoms with Crippen molar-refractivity contribution in [2.45, 2.75) is 6.92 Å². The standard InChI is InChI=1S/C10H8INO.C4H8O2/c1-6-4-10(13)8-5-7(11)2-3-9(8)12-6;1-2-6-4-3-5-1/h2-5H,1H3,(H,12,13);1-4H2. The molecule has 2 heterocycles. The first-order valence-corrected chi connectivity index (χ1v) is 7.19. The second-order valence-corrected chi connectivity index (χ2v) is 5.48. The zero-order chi connectivity index (χ0) is 13.7. The van der Waals surface area contributed by atoms with Gasteiger partial charge in [-0.3, -0.25) is 4.79 Å². The Kier molecular flexibility index (Phi) is 5.35. The molecule has 0 bridgehead atoms. The number of rotatable bonds is 0. The minimum atomic E-state index is 0.0877. The molecule has 1 fully saturated rings. The molecule has 1 aromatic carbocycles. The average Bonchev–Trinajstić information content (AvgIpc) is 2.42. The summed E-state index contributed by atoms with van der Waals surface area (Å²) in [6.45, 7) is 5.00. The molecule has 0 amide bonds. The summed E-state index contributed by atoms with van der Waals surface area (Å²) in [7, 11) is 0. The van der Waals surface area contributed by atoms with Crippen molar-refractivity contribution in [3.8, 4) is 0 Å². The number of fused-ring (bicyclic) bond motifs is 1. The lowest BCUT2D eigenvalue weighted by Crippen LogP contribution is -2.16. The highest BCUT2D eigenvalue weighted by Crippen LogP contribution is 2.12. The Morgan fingerprint density at radius 1 is 1.11 bits per heavy atom. The molecule has 3 rings (SSSR count). The van der Waals surface area contributed by atoms with Crippen LogP contribution in [0.15, 0.2) is 29.1 Å². The topological polar surface area (TPSA) is 51.3 Å². The largest absolute Gasteiger partial charge is 0.377 e. The zero-order valence-electron chi connectivity index (χ0n) is 10.7. The molecule has 5 heteroatoms. The van der Waals surface area contributed by atoms with Crippen LogP contribution >= 0.6 is 22.6 Å². The summed E-state index contributed by atoms with van der Waals surface area (Å²) in [5.41, 5.74) is 1.90. The third-order valence-electron chi connectivity index (χ3n) is 2.67. The van der Waals surface area contributed by atoms with E-state index in [0.717, 1.165) is 46.6 Å². The predicted octanol–water partition coefficient (Wildman–Crippen LogP) is 2.47. The van der Waals surface area contributed by atoms with Gasteiger partial charge in [0.25, 0.3) is 0 Å². The van der Waals surface area contributed by atoms with Gasteiger partial charge in [-0.25, -0.2) is 0 Å². The first-order valence-electron chi connectivity index (χ1n) is 6.11. The quantitative estimate of drug-likeness (QED) is 0.722. The van der Waals surface area contributed by atoms with Crippen LogP contribution in [-0.2, 0) is 9.47 Å². The van der Waals surface area contributed by atoms with Crippen molar-refractivity contribution in [3.63, 3.8) is 0 Å². The molecule has 102 valence electrons. The van der Waals surface area contributed by atoms with Crippen molar-refractivity contribution in [1.82, 2.24) is 4.98 Å². The number of aromatic amines is 1. The van der Waals surface area contributed by atoms with Gasteiger partial charge in [-0.1, -0.05) is 0 Å². The summed E-state index contributed by atoms with van der Waals surface area (Å²) in [6.07, 6.45) is 0. The number of hydrogen-bond donors (Lipinski definition) is 1. The first kappa shape index (κ1) is 14.5. The highest BCUT2D eigenvalue weighted by atomic mass is 127. The van der Waals surface area contributed by atoms with E-state index >= 15 is 0 Å².